The molecule has 0 radical (unpaired) electrons. The number of rotatable bonds is 7. The Bertz CT molecular complexity index is 1300. The molecule has 0 aliphatic carbocycles. The van der Waals surface area contributed by atoms with Crippen LogP contribution in [0.5, 0.6) is 5.75 Å². The van der Waals surface area contributed by atoms with Gasteiger partial charge < -0.3 is 13.7 Å². The molecule has 30 heavy (non-hydrogen) atoms. The summed E-state index contributed by atoms with van der Waals surface area (Å²) in [6.45, 7) is 2.36. The van der Waals surface area contributed by atoms with Crippen molar-refractivity contribution in [2.75, 3.05) is 5.75 Å². The van der Waals surface area contributed by atoms with Crippen LogP contribution in [0.15, 0.2) is 87.4 Å². The minimum absolute atomic E-state index is 0.137. The normalized spacial score (nSPS) is 13.2. The molecule has 0 saturated heterocycles. The van der Waals surface area contributed by atoms with Crippen molar-refractivity contribution in [2.45, 2.75) is 25.0 Å². The summed E-state index contributed by atoms with van der Waals surface area (Å²) in [4.78, 5) is 12.9. The zero-order valence-corrected chi connectivity index (χ0v) is 17.4. The van der Waals surface area contributed by atoms with Gasteiger partial charge in [-0.25, -0.2) is 8.99 Å². The maximum absolute atomic E-state index is 12.4. The number of ether oxygens (including phenoxy) is 1. The lowest BCUT2D eigenvalue weighted by molar-refractivity contribution is 0.289. The highest BCUT2D eigenvalue weighted by atomic mass is 32.2. The first-order valence-corrected chi connectivity index (χ1v) is 11.3. The molecule has 2 aromatic heterocycles. The molecule has 0 fully saturated rings. The van der Waals surface area contributed by atoms with Crippen LogP contribution in [0, 0.1) is 4.78 Å². The summed E-state index contributed by atoms with van der Waals surface area (Å²) in [5.41, 5.74) is 0.567. The molecule has 2 aromatic carbocycles. The van der Waals surface area contributed by atoms with Crippen molar-refractivity contribution >= 4 is 20.5 Å². The standard InChI is InChI=1S/C23H22N2O4S/c1-2-30(24,27)21-9-7-17(8-10-21)15-29-23-16-28-20(11-22(23)26)14-25-12-18-5-3-4-6-19(18)13-25/h3-13,16,24H,2,14-15H2,1H3. The summed E-state index contributed by atoms with van der Waals surface area (Å²) in [5.74, 6) is 0.954. The number of hydrogen-bond donors (Lipinski definition) is 1. The van der Waals surface area contributed by atoms with Crippen molar-refractivity contribution in [3.63, 3.8) is 0 Å². The predicted molar refractivity (Wildman–Crippen MR) is 116 cm³/mol. The van der Waals surface area contributed by atoms with Crippen molar-refractivity contribution < 1.29 is 13.4 Å². The predicted octanol–water partition coefficient (Wildman–Crippen LogP) is 4.65. The van der Waals surface area contributed by atoms with Crippen molar-refractivity contribution in [3.05, 3.63) is 94.8 Å². The van der Waals surface area contributed by atoms with Gasteiger partial charge in [0, 0.05) is 29.1 Å². The summed E-state index contributed by atoms with van der Waals surface area (Å²) in [6, 6.07) is 16.3. The highest BCUT2D eigenvalue weighted by Crippen LogP contribution is 2.17. The minimum atomic E-state index is -2.74. The third kappa shape index (κ3) is 4.31. The van der Waals surface area contributed by atoms with Crippen LogP contribution in [-0.2, 0) is 22.9 Å². The number of nitrogens with one attached hydrogen (secondary N) is 1. The number of nitrogens with zero attached hydrogens (tertiary/aromatic N) is 1. The molecule has 0 amide bonds. The van der Waals surface area contributed by atoms with Gasteiger partial charge in [-0.15, -0.1) is 0 Å². The van der Waals surface area contributed by atoms with Gasteiger partial charge in [0.2, 0.25) is 11.2 Å². The Balaban J connectivity index is 1.42. The lowest BCUT2D eigenvalue weighted by Gasteiger charge is -2.08. The van der Waals surface area contributed by atoms with Gasteiger partial charge in [0.05, 0.1) is 16.3 Å². The second-order valence-electron chi connectivity index (χ2n) is 7.03. The Labute approximate surface area is 174 Å². The first-order chi connectivity index (χ1) is 14.4. The van der Waals surface area contributed by atoms with Crippen molar-refractivity contribution in [1.29, 1.82) is 4.78 Å². The maximum Gasteiger partial charge on any atom is 0.227 e. The highest BCUT2D eigenvalue weighted by molar-refractivity contribution is 7.92. The smallest absolute Gasteiger partial charge is 0.227 e. The number of fused-ring (bicyclic) bond motifs is 1. The summed E-state index contributed by atoms with van der Waals surface area (Å²) in [7, 11) is -2.74. The molecule has 0 aliphatic rings. The van der Waals surface area contributed by atoms with Crippen LogP contribution < -0.4 is 10.2 Å². The lowest BCUT2D eigenvalue weighted by Crippen LogP contribution is -2.09. The molecule has 1 unspecified atom stereocenters. The molecule has 0 spiro atoms. The molecular formula is C23H22N2O4S. The summed E-state index contributed by atoms with van der Waals surface area (Å²) >= 11 is 0. The summed E-state index contributed by atoms with van der Waals surface area (Å²) < 4.78 is 33.1. The van der Waals surface area contributed by atoms with E-state index < -0.39 is 9.73 Å². The number of hydrogen-bond acceptors (Lipinski definition) is 5. The second-order valence-corrected chi connectivity index (χ2v) is 9.43. The Kier molecular flexibility index (Phi) is 5.46. The van der Waals surface area contributed by atoms with Crippen LogP contribution in [-0.4, -0.2) is 14.5 Å². The van der Waals surface area contributed by atoms with E-state index in [0.29, 0.717) is 17.2 Å². The molecular weight excluding hydrogens is 400 g/mol. The van der Waals surface area contributed by atoms with E-state index in [0.717, 1.165) is 16.3 Å². The second kappa shape index (κ2) is 8.20. The van der Waals surface area contributed by atoms with Gasteiger partial charge in [-0.3, -0.25) is 4.79 Å². The Morgan fingerprint density at radius 1 is 1.07 bits per heavy atom. The van der Waals surface area contributed by atoms with Gasteiger partial charge in [0.1, 0.15) is 18.6 Å². The van der Waals surface area contributed by atoms with E-state index in [4.69, 9.17) is 13.9 Å². The van der Waals surface area contributed by atoms with Gasteiger partial charge in [-0.05, 0) is 28.5 Å². The molecule has 1 atom stereocenters. The highest BCUT2D eigenvalue weighted by Gasteiger charge is 2.09. The van der Waals surface area contributed by atoms with Gasteiger partial charge in [0.15, 0.2) is 0 Å². The monoisotopic (exact) mass is 422 g/mol. The zero-order chi connectivity index (χ0) is 21.1. The molecule has 0 saturated carbocycles. The van der Waals surface area contributed by atoms with Gasteiger partial charge in [-0.1, -0.05) is 43.3 Å². The van der Waals surface area contributed by atoms with Crippen LogP contribution in [0.3, 0.4) is 0 Å². The number of aromatic nitrogens is 1. The third-order valence-electron chi connectivity index (χ3n) is 4.90. The summed E-state index contributed by atoms with van der Waals surface area (Å²) in [5, 5.41) is 2.26. The first-order valence-electron chi connectivity index (χ1n) is 9.59. The van der Waals surface area contributed by atoms with Gasteiger partial charge >= 0.3 is 0 Å². The number of benzene rings is 2. The van der Waals surface area contributed by atoms with E-state index in [2.05, 4.69) is 0 Å². The largest absolute Gasteiger partial charge is 0.482 e. The quantitative estimate of drug-likeness (QED) is 0.470. The fraction of sp³-hybridized carbons (Fsp3) is 0.174. The molecule has 4 aromatic rings. The first kappa shape index (κ1) is 20.0. The molecule has 0 bridgehead atoms. The van der Waals surface area contributed by atoms with E-state index in [-0.39, 0.29) is 23.5 Å². The van der Waals surface area contributed by atoms with Crippen LogP contribution in [0.4, 0.5) is 0 Å². The van der Waals surface area contributed by atoms with Crippen molar-refractivity contribution in [3.8, 4) is 5.75 Å². The van der Waals surface area contributed by atoms with Gasteiger partial charge in [-0.2, -0.15) is 0 Å². The average molecular weight is 423 g/mol. The minimum Gasteiger partial charge on any atom is -0.482 e. The zero-order valence-electron chi connectivity index (χ0n) is 16.5. The van der Waals surface area contributed by atoms with Crippen LogP contribution >= 0.6 is 0 Å². The maximum atomic E-state index is 12.4. The molecule has 6 nitrogen and oxygen atoms in total. The van der Waals surface area contributed by atoms with Crippen LogP contribution in [0.1, 0.15) is 18.2 Å². The van der Waals surface area contributed by atoms with E-state index in [1.54, 1.807) is 31.2 Å². The lowest BCUT2D eigenvalue weighted by atomic mass is 10.2. The Morgan fingerprint density at radius 2 is 1.73 bits per heavy atom. The van der Waals surface area contributed by atoms with E-state index in [9.17, 15) is 9.00 Å². The molecule has 154 valence electrons. The van der Waals surface area contributed by atoms with Gasteiger partial charge in [0.25, 0.3) is 0 Å². The van der Waals surface area contributed by atoms with E-state index >= 15 is 0 Å². The average Bonchev–Trinajstić information content (AvgIpc) is 3.16. The molecule has 2 heterocycles. The molecule has 1 N–H and O–H groups in total. The summed E-state index contributed by atoms with van der Waals surface area (Å²) in [6.07, 6.45) is 5.36. The molecule has 4 rings (SSSR count). The van der Waals surface area contributed by atoms with Crippen molar-refractivity contribution in [2.24, 2.45) is 0 Å². The molecule has 7 heteroatoms. The topological polar surface area (TPSA) is 85.3 Å². The fourth-order valence-corrected chi connectivity index (χ4v) is 4.08. The van der Waals surface area contributed by atoms with Crippen LogP contribution in [0.25, 0.3) is 10.8 Å². The fourth-order valence-electron chi connectivity index (χ4n) is 3.17. The molecule has 0 aliphatic heterocycles. The third-order valence-corrected chi connectivity index (χ3v) is 6.75. The SMILES string of the molecule is CCS(=N)(=O)c1ccc(COc2coc(Cn3cc4ccccc4c3)cc2=O)cc1. The van der Waals surface area contributed by atoms with Crippen LogP contribution in [0.2, 0.25) is 0 Å². The van der Waals surface area contributed by atoms with Crippen molar-refractivity contribution in [1.82, 2.24) is 4.57 Å². The van der Waals surface area contributed by atoms with E-state index in [1.807, 2.05) is 41.2 Å². The van der Waals surface area contributed by atoms with E-state index in [1.165, 1.54) is 12.3 Å². The Morgan fingerprint density at radius 3 is 2.33 bits per heavy atom. The Hall–Kier alpha value is -3.32.